The van der Waals surface area contributed by atoms with E-state index in [-0.39, 0.29) is 17.0 Å². The number of aryl methyl sites for hydroxylation is 1. The van der Waals surface area contributed by atoms with Gasteiger partial charge in [0.2, 0.25) is 0 Å². The fraction of sp³-hybridized carbons (Fsp3) is 0.429. The highest BCUT2D eigenvalue weighted by Gasteiger charge is 2.15. The normalized spacial score (nSPS) is 11.9. The first kappa shape index (κ1) is 14.8. The van der Waals surface area contributed by atoms with E-state index < -0.39 is 0 Å². The summed E-state index contributed by atoms with van der Waals surface area (Å²) in [5.41, 5.74) is 1.86. The number of ketones is 1. The molecule has 0 saturated carbocycles. The molecule has 0 radical (unpaired) electrons. The van der Waals surface area contributed by atoms with Gasteiger partial charge in [0.05, 0.1) is 18.8 Å². The SMILES string of the molecule is COC(=O)CCSC(C)C(=O)c1ccc(C)cc1. The summed E-state index contributed by atoms with van der Waals surface area (Å²) in [5.74, 6) is 0.466. The van der Waals surface area contributed by atoms with E-state index in [4.69, 9.17) is 0 Å². The summed E-state index contributed by atoms with van der Waals surface area (Å²) >= 11 is 1.48. The molecule has 0 aliphatic rings. The molecule has 1 aromatic rings. The van der Waals surface area contributed by atoms with Gasteiger partial charge in [-0.05, 0) is 13.8 Å². The van der Waals surface area contributed by atoms with Crippen LogP contribution in [0.3, 0.4) is 0 Å². The van der Waals surface area contributed by atoms with Gasteiger partial charge < -0.3 is 4.74 Å². The summed E-state index contributed by atoms with van der Waals surface area (Å²) < 4.78 is 4.55. The number of carbonyl (C=O) groups excluding carboxylic acids is 2. The van der Waals surface area contributed by atoms with E-state index in [0.717, 1.165) is 11.1 Å². The van der Waals surface area contributed by atoms with Crippen molar-refractivity contribution in [2.45, 2.75) is 25.5 Å². The Bertz CT molecular complexity index is 412. The first-order valence-corrected chi connectivity index (χ1v) is 6.88. The van der Waals surface area contributed by atoms with Crippen molar-refractivity contribution in [3.05, 3.63) is 35.4 Å². The molecule has 1 rings (SSSR count). The van der Waals surface area contributed by atoms with Crippen molar-refractivity contribution in [2.75, 3.05) is 12.9 Å². The number of esters is 1. The fourth-order valence-corrected chi connectivity index (χ4v) is 2.37. The predicted octanol–water partition coefficient (Wildman–Crippen LogP) is 2.86. The molecule has 0 heterocycles. The molecule has 0 aliphatic heterocycles. The average molecular weight is 266 g/mol. The van der Waals surface area contributed by atoms with Crippen molar-refractivity contribution in [3.63, 3.8) is 0 Å². The van der Waals surface area contributed by atoms with E-state index in [2.05, 4.69) is 4.74 Å². The molecular formula is C14H18O3S. The highest BCUT2D eigenvalue weighted by molar-refractivity contribution is 8.00. The van der Waals surface area contributed by atoms with Gasteiger partial charge in [0.1, 0.15) is 0 Å². The second-order valence-corrected chi connectivity index (χ2v) is 5.52. The zero-order chi connectivity index (χ0) is 13.5. The third-order valence-corrected chi connectivity index (χ3v) is 3.76. The molecule has 1 aromatic carbocycles. The Balaban J connectivity index is 2.46. The summed E-state index contributed by atoms with van der Waals surface area (Å²) in [6.07, 6.45) is 0.340. The number of hydrogen-bond donors (Lipinski definition) is 0. The minimum Gasteiger partial charge on any atom is -0.469 e. The molecule has 0 saturated heterocycles. The molecule has 0 spiro atoms. The number of Topliss-reactive ketones (excluding diaryl/α,β-unsaturated/α-hetero) is 1. The third-order valence-electron chi connectivity index (χ3n) is 2.61. The van der Waals surface area contributed by atoms with Crippen LogP contribution in [0.1, 0.15) is 29.3 Å². The predicted molar refractivity (Wildman–Crippen MR) is 74.1 cm³/mol. The van der Waals surface area contributed by atoms with Crippen LogP contribution in [0.5, 0.6) is 0 Å². The maximum atomic E-state index is 12.1. The Morgan fingerprint density at radius 1 is 1.28 bits per heavy atom. The second kappa shape index (κ2) is 7.21. The van der Waals surface area contributed by atoms with Crippen LogP contribution in [-0.2, 0) is 9.53 Å². The molecule has 0 fully saturated rings. The number of hydrogen-bond acceptors (Lipinski definition) is 4. The number of carbonyl (C=O) groups is 2. The van der Waals surface area contributed by atoms with Gasteiger partial charge in [0.15, 0.2) is 5.78 Å². The van der Waals surface area contributed by atoms with E-state index in [1.807, 2.05) is 38.1 Å². The van der Waals surface area contributed by atoms with E-state index in [1.165, 1.54) is 18.9 Å². The van der Waals surface area contributed by atoms with Crippen LogP contribution in [0.4, 0.5) is 0 Å². The molecule has 4 heteroatoms. The summed E-state index contributed by atoms with van der Waals surface area (Å²) in [6, 6.07) is 7.54. The average Bonchev–Trinajstić information content (AvgIpc) is 2.38. The van der Waals surface area contributed by atoms with Gasteiger partial charge in [0, 0.05) is 11.3 Å². The zero-order valence-corrected chi connectivity index (χ0v) is 11.8. The van der Waals surface area contributed by atoms with Gasteiger partial charge in [-0.3, -0.25) is 9.59 Å². The number of methoxy groups -OCH3 is 1. The number of benzene rings is 1. The molecule has 18 heavy (non-hydrogen) atoms. The van der Waals surface area contributed by atoms with Gasteiger partial charge in [-0.15, -0.1) is 11.8 Å². The molecule has 1 atom stereocenters. The van der Waals surface area contributed by atoms with E-state index >= 15 is 0 Å². The smallest absolute Gasteiger partial charge is 0.306 e. The summed E-state index contributed by atoms with van der Waals surface area (Å²) in [6.45, 7) is 3.85. The molecule has 0 aromatic heterocycles. The molecule has 98 valence electrons. The van der Waals surface area contributed by atoms with Crippen molar-refractivity contribution >= 4 is 23.5 Å². The molecule has 1 unspecified atom stereocenters. The maximum Gasteiger partial charge on any atom is 0.306 e. The van der Waals surface area contributed by atoms with Crippen molar-refractivity contribution in [3.8, 4) is 0 Å². The molecular weight excluding hydrogens is 248 g/mol. The number of ether oxygens (including phenoxy) is 1. The summed E-state index contributed by atoms with van der Waals surface area (Å²) in [4.78, 5) is 23.0. The highest BCUT2D eigenvalue weighted by atomic mass is 32.2. The van der Waals surface area contributed by atoms with Crippen LogP contribution < -0.4 is 0 Å². The largest absolute Gasteiger partial charge is 0.469 e. The lowest BCUT2D eigenvalue weighted by Gasteiger charge is -2.10. The van der Waals surface area contributed by atoms with Crippen LogP contribution in [0.2, 0.25) is 0 Å². The first-order chi connectivity index (χ1) is 8.54. The Labute approximate surface area is 112 Å². The lowest BCUT2D eigenvalue weighted by atomic mass is 10.1. The van der Waals surface area contributed by atoms with Gasteiger partial charge >= 0.3 is 5.97 Å². The van der Waals surface area contributed by atoms with E-state index in [1.54, 1.807) is 0 Å². The van der Waals surface area contributed by atoms with Gasteiger partial charge in [-0.1, -0.05) is 29.8 Å². The van der Waals surface area contributed by atoms with Crippen LogP contribution in [0.25, 0.3) is 0 Å². The quantitative estimate of drug-likeness (QED) is 0.586. The van der Waals surface area contributed by atoms with Crippen LogP contribution in [0.15, 0.2) is 24.3 Å². The Morgan fingerprint density at radius 2 is 1.89 bits per heavy atom. The van der Waals surface area contributed by atoms with Crippen molar-refractivity contribution in [1.82, 2.24) is 0 Å². The topological polar surface area (TPSA) is 43.4 Å². The summed E-state index contributed by atoms with van der Waals surface area (Å²) in [5, 5.41) is -0.141. The van der Waals surface area contributed by atoms with Crippen LogP contribution in [-0.4, -0.2) is 29.9 Å². The minimum absolute atomic E-state index is 0.102. The number of thioether (sulfide) groups is 1. The molecule has 0 N–H and O–H groups in total. The highest BCUT2D eigenvalue weighted by Crippen LogP contribution is 2.17. The van der Waals surface area contributed by atoms with Gasteiger partial charge in [-0.25, -0.2) is 0 Å². The van der Waals surface area contributed by atoms with Gasteiger partial charge in [0.25, 0.3) is 0 Å². The lowest BCUT2D eigenvalue weighted by molar-refractivity contribution is -0.140. The standard InChI is InChI=1S/C14H18O3S/c1-10-4-6-12(7-5-10)14(16)11(2)18-9-8-13(15)17-3/h4-7,11H,8-9H2,1-3H3. The number of rotatable bonds is 6. The van der Waals surface area contributed by atoms with Crippen molar-refractivity contribution in [1.29, 1.82) is 0 Å². The van der Waals surface area contributed by atoms with E-state index in [9.17, 15) is 9.59 Å². The van der Waals surface area contributed by atoms with Crippen LogP contribution in [0, 0.1) is 6.92 Å². The van der Waals surface area contributed by atoms with E-state index in [0.29, 0.717) is 12.2 Å². The first-order valence-electron chi connectivity index (χ1n) is 5.84. The maximum absolute atomic E-state index is 12.1. The molecule has 0 bridgehead atoms. The molecule has 3 nitrogen and oxygen atoms in total. The monoisotopic (exact) mass is 266 g/mol. The Morgan fingerprint density at radius 3 is 2.44 bits per heavy atom. The van der Waals surface area contributed by atoms with Gasteiger partial charge in [-0.2, -0.15) is 0 Å². The van der Waals surface area contributed by atoms with Crippen molar-refractivity contribution in [2.24, 2.45) is 0 Å². The second-order valence-electron chi connectivity index (χ2n) is 4.07. The lowest BCUT2D eigenvalue weighted by Crippen LogP contribution is -2.15. The summed E-state index contributed by atoms with van der Waals surface area (Å²) in [7, 11) is 1.37. The fourth-order valence-electron chi connectivity index (χ4n) is 1.45. The third kappa shape index (κ3) is 4.53. The zero-order valence-electron chi connectivity index (χ0n) is 10.9. The Hall–Kier alpha value is -1.29. The van der Waals surface area contributed by atoms with Crippen LogP contribution >= 0.6 is 11.8 Å². The Kier molecular flexibility index (Phi) is 5.92. The van der Waals surface area contributed by atoms with Crippen molar-refractivity contribution < 1.29 is 14.3 Å². The molecule has 0 amide bonds. The minimum atomic E-state index is -0.238. The molecule has 0 aliphatic carbocycles.